The number of nitrogens with zero attached hydrogens (tertiary/aromatic N) is 3. The van der Waals surface area contributed by atoms with Crippen LogP contribution >= 0.6 is 11.3 Å². The van der Waals surface area contributed by atoms with Crippen LogP contribution in [0.15, 0.2) is 34.6 Å². The van der Waals surface area contributed by atoms with Gasteiger partial charge in [-0.3, -0.25) is 4.99 Å². The monoisotopic (exact) mass is 354 g/mol. The number of hydrogen-bond donors (Lipinski definition) is 1. The fraction of sp³-hybridized carbons (Fsp3) is 0.375. The van der Waals surface area contributed by atoms with E-state index in [9.17, 15) is 13.2 Å². The molecule has 0 atom stereocenters. The number of aliphatic imine (C=N–C) groups is 1. The van der Waals surface area contributed by atoms with Crippen molar-refractivity contribution in [2.45, 2.75) is 19.0 Å². The Kier molecular flexibility index (Phi) is 4.75. The van der Waals surface area contributed by atoms with E-state index in [4.69, 9.17) is 0 Å². The highest BCUT2D eigenvalue weighted by atomic mass is 32.1. The number of hydrogen-bond acceptors (Lipinski definition) is 3. The van der Waals surface area contributed by atoms with Crippen LogP contribution in [0.1, 0.15) is 16.3 Å². The van der Waals surface area contributed by atoms with Crippen molar-refractivity contribution in [1.82, 2.24) is 10.3 Å². The molecule has 2 aromatic rings. The molecule has 0 fully saturated rings. The van der Waals surface area contributed by atoms with Crippen molar-refractivity contribution < 1.29 is 13.2 Å². The molecule has 0 saturated heterocycles. The quantitative estimate of drug-likeness (QED) is 0.679. The van der Waals surface area contributed by atoms with Crippen molar-refractivity contribution in [1.29, 1.82) is 0 Å². The van der Waals surface area contributed by atoms with Crippen LogP contribution in [-0.2, 0) is 19.0 Å². The molecule has 0 aliphatic carbocycles. The third kappa shape index (κ3) is 3.53. The van der Waals surface area contributed by atoms with E-state index in [1.54, 1.807) is 7.05 Å². The molecule has 0 spiro atoms. The molecule has 1 N–H and O–H groups in total. The van der Waals surface area contributed by atoms with Crippen LogP contribution in [-0.4, -0.2) is 31.1 Å². The van der Waals surface area contributed by atoms with Crippen LogP contribution in [0.5, 0.6) is 0 Å². The smallest absolute Gasteiger partial charge is 0.356 e. The summed E-state index contributed by atoms with van der Waals surface area (Å²) in [5.74, 6) is 0.729. The average Bonchev–Trinajstić information content (AvgIpc) is 3.18. The third-order valence-corrected chi connectivity index (χ3v) is 4.73. The Labute approximate surface area is 142 Å². The fourth-order valence-corrected chi connectivity index (χ4v) is 3.50. The molecule has 24 heavy (non-hydrogen) atoms. The normalized spacial score (nSPS) is 14.8. The first-order valence-corrected chi connectivity index (χ1v) is 8.44. The molecule has 0 saturated carbocycles. The van der Waals surface area contributed by atoms with E-state index in [-0.39, 0.29) is 0 Å². The van der Waals surface area contributed by atoms with Crippen LogP contribution in [0.2, 0.25) is 0 Å². The molecule has 8 heteroatoms. The molecular weight excluding hydrogens is 337 g/mol. The summed E-state index contributed by atoms with van der Waals surface area (Å²) in [6.07, 6.45) is -3.00. The van der Waals surface area contributed by atoms with Gasteiger partial charge in [-0.1, -0.05) is 18.2 Å². The minimum atomic E-state index is -4.38. The Morgan fingerprint density at radius 1 is 1.38 bits per heavy atom. The predicted molar refractivity (Wildman–Crippen MR) is 89.7 cm³/mol. The lowest BCUT2D eigenvalue weighted by molar-refractivity contribution is -0.140. The number of fused-ring (bicyclic) bond motifs is 1. The highest BCUT2D eigenvalue weighted by Crippen LogP contribution is 2.30. The lowest BCUT2D eigenvalue weighted by Crippen LogP contribution is -2.41. The maximum atomic E-state index is 12.6. The van der Waals surface area contributed by atoms with E-state index in [1.165, 1.54) is 5.56 Å². The number of anilines is 1. The van der Waals surface area contributed by atoms with Gasteiger partial charge in [-0.25, -0.2) is 4.98 Å². The molecule has 128 valence electrons. The van der Waals surface area contributed by atoms with Crippen molar-refractivity contribution in [2.75, 3.05) is 25.0 Å². The summed E-state index contributed by atoms with van der Waals surface area (Å²) >= 11 is 1.03. The maximum Gasteiger partial charge on any atom is 0.434 e. The molecule has 0 radical (unpaired) electrons. The first kappa shape index (κ1) is 16.8. The van der Waals surface area contributed by atoms with Gasteiger partial charge in [0.15, 0.2) is 11.7 Å². The first-order valence-electron chi connectivity index (χ1n) is 7.56. The molecule has 1 aliphatic heterocycles. The molecule has 2 heterocycles. The van der Waals surface area contributed by atoms with E-state index >= 15 is 0 Å². The summed E-state index contributed by atoms with van der Waals surface area (Å²) in [5.41, 5.74) is 1.58. The standard InChI is InChI=1S/C16H17F3N4S/c1-20-15(23-9-7-11-4-2-3-5-12(11)23)21-8-6-14-22-13(10-24-14)16(17,18)19/h2-5,10H,6-9H2,1H3,(H,20,21). The number of aromatic nitrogens is 1. The maximum absolute atomic E-state index is 12.6. The van der Waals surface area contributed by atoms with Gasteiger partial charge in [0.2, 0.25) is 0 Å². The second-order valence-corrected chi connectivity index (χ2v) is 6.32. The molecule has 0 unspecified atom stereocenters. The lowest BCUT2D eigenvalue weighted by Gasteiger charge is -2.22. The van der Waals surface area contributed by atoms with Gasteiger partial charge >= 0.3 is 6.18 Å². The molecule has 1 aromatic carbocycles. The minimum absolute atomic E-state index is 0.426. The molecule has 1 aromatic heterocycles. The Hall–Kier alpha value is -2.09. The van der Waals surface area contributed by atoms with Crippen LogP contribution < -0.4 is 10.2 Å². The van der Waals surface area contributed by atoms with Gasteiger partial charge in [-0.15, -0.1) is 11.3 Å². The van der Waals surface area contributed by atoms with Gasteiger partial charge in [0, 0.05) is 37.6 Å². The van der Waals surface area contributed by atoms with Gasteiger partial charge in [0.05, 0.1) is 5.01 Å². The number of para-hydroxylation sites is 1. The van der Waals surface area contributed by atoms with E-state index in [0.717, 1.165) is 41.3 Å². The number of halogens is 3. The highest BCUT2D eigenvalue weighted by molar-refractivity contribution is 7.09. The third-order valence-electron chi connectivity index (χ3n) is 3.82. The SMILES string of the molecule is CN=C(NCCc1nc(C(F)(F)F)cs1)N1CCc2ccccc21. The summed E-state index contributed by atoms with van der Waals surface area (Å²) in [6.45, 7) is 1.32. The van der Waals surface area contributed by atoms with E-state index < -0.39 is 11.9 Å². The molecule has 1 aliphatic rings. The molecule has 3 rings (SSSR count). The number of thiazole rings is 1. The van der Waals surface area contributed by atoms with E-state index in [2.05, 4.69) is 26.3 Å². The van der Waals surface area contributed by atoms with Gasteiger partial charge in [-0.2, -0.15) is 13.2 Å². The number of guanidine groups is 1. The zero-order chi connectivity index (χ0) is 17.2. The molecule has 0 amide bonds. The van der Waals surface area contributed by atoms with Gasteiger partial charge < -0.3 is 10.2 Å². The van der Waals surface area contributed by atoms with Crippen molar-refractivity contribution >= 4 is 23.0 Å². The van der Waals surface area contributed by atoms with Crippen molar-refractivity contribution in [3.8, 4) is 0 Å². The number of benzene rings is 1. The van der Waals surface area contributed by atoms with Gasteiger partial charge in [0.1, 0.15) is 0 Å². The zero-order valence-corrected chi connectivity index (χ0v) is 13.9. The van der Waals surface area contributed by atoms with E-state index in [1.807, 2.05) is 18.2 Å². The van der Waals surface area contributed by atoms with Crippen molar-refractivity contribution in [3.05, 3.63) is 45.9 Å². The fourth-order valence-electron chi connectivity index (χ4n) is 2.69. The van der Waals surface area contributed by atoms with Crippen LogP contribution in [0.25, 0.3) is 0 Å². The van der Waals surface area contributed by atoms with Gasteiger partial charge in [0.25, 0.3) is 0 Å². The summed E-state index contributed by atoms with van der Waals surface area (Å²) in [7, 11) is 1.70. The number of alkyl halides is 3. The molecular formula is C16H17F3N4S. The number of rotatable bonds is 3. The topological polar surface area (TPSA) is 40.5 Å². The summed E-state index contributed by atoms with van der Waals surface area (Å²) < 4.78 is 37.7. The Morgan fingerprint density at radius 2 is 2.17 bits per heavy atom. The zero-order valence-electron chi connectivity index (χ0n) is 13.1. The van der Waals surface area contributed by atoms with Crippen molar-refractivity contribution in [2.24, 2.45) is 4.99 Å². The van der Waals surface area contributed by atoms with Gasteiger partial charge in [-0.05, 0) is 18.1 Å². The van der Waals surface area contributed by atoms with Crippen molar-refractivity contribution in [3.63, 3.8) is 0 Å². The summed E-state index contributed by atoms with van der Waals surface area (Å²) in [6, 6.07) is 8.14. The first-order chi connectivity index (χ1) is 11.5. The van der Waals surface area contributed by atoms with Crippen LogP contribution in [0, 0.1) is 0 Å². The van der Waals surface area contributed by atoms with E-state index in [0.29, 0.717) is 18.0 Å². The molecule has 0 bridgehead atoms. The Balaban J connectivity index is 1.59. The largest absolute Gasteiger partial charge is 0.434 e. The molecule has 4 nitrogen and oxygen atoms in total. The predicted octanol–water partition coefficient (Wildman–Crippen LogP) is 3.34. The summed E-state index contributed by atoms with van der Waals surface area (Å²) in [5, 5.41) is 4.73. The Bertz CT molecular complexity index is 739. The number of nitrogens with one attached hydrogen (secondary N) is 1. The Morgan fingerprint density at radius 3 is 2.88 bits per heavy atom. The van der Waals surface area contributed by atoms with Crippen LogP contribution in [0.4, 0.5) is 18.9 Å². The average molecular weight is 354 g/mol. The second kappa shape index (κ2) is 6.80. The second-order valence-electron chi connectivity index (χ2n) is 5.38. The summed E-state index contributed by atoms with van der Waals surface area (Å²) in [4.78, 5) is 10.0. The highest BCUT2D eigenvalue weighted by Gasteiger charge is 2.33. The van der Waals surface area contributed by atoms with Crippen LogP contribution in [0.3, 0.4) is 0 Å². The lowest BCUT2D eigenvalue weighted by atomic mass is 10.2. The minimum Gasteiger partial charge on any atom is -0.356 e.